The third-order valence-electron chi connectivity index (χ3n) is 4.68. The van der Waals surface area contributed by atoms with Crippen molar-refractivity contribution in [2.24, 2.45) is 5.92 Å². The Morgan fingerprint density at radius 3 is 2.38 bits per heavy atom. The van der Waals surface area contributed by atoms with Gasteiger partial charge in [-0.3, -0.25) is 4.90 Å². The van der Waals surface area contributed by atoms with Crippen molar-refractivity contribution in [3.63, 3.8) is 0 Å². The summed E-state index contributed by atoms with van der Waals surface area (Å²) in [6.45, 7) is 16.4. The Balaban J connectivity index is 2.68. The van der Waals surface area contributed by atoms with Gasteiger partial charge in [0.25, 0.3) is 0 Å². The molecular weight excluding hydrogens is 196 g/mol. The standard InChI is InChI=1S/C14H30N2/c1-7-14(5,6)16-10-9-13(15-8-2)11(3)12(16)4/h11-13,15H,7-10H2,1-6H3. The molecule has 1 aliphatic heterocycles. The first kappa shape index (κ1) is 14.0. The maximum Gasteiger partial charge on any atom is 0.0153 e. The molecule has 0 amide bonds. The van der Waals surface area contributed by atoms with E-state index in [1.807, 2.05) is 0 Å². The van der Waals surface area contributed by atoms with Gasteiger partial charge in [0.05, 0.1) is 0 Å². The van der Waals surface area contributed by atoms with Gasteiger partial charge in [-0.05, 0) is 46.1 Å². The van der Waals surface area contributed by atoms with Gasteiger partial charge in [-0.25, -0.2) is 0 Å². The zero-order valence-corrected chi connectivity index (χ0v) is 12.0. The van der Waals surface area contributed by atoms with Crippen molar-refractivity contribution in [3.8, 4) is 0 Å². The lowest BCUT2D eigenvalue weighted by molar-refractivity contribution is 0.00313. The Morgan fingerprint density at radius 1 is 1.25 bits per heavy atom. The number of likely N-dealkylation sites (tertiary alicyclic amines) is 1. The van der Waals surface area contributed by atoms with Crippen molar-refractivity contribution in [1.82, 2.24) is 10.2 Å². The highest BCUT2D eigenvalue weighted by atomic mass is 15.2. The van der Waals surface area contributed by atoms with Crippen LogP contribution in [0.2, 0.25) is 0 Å². The summed E-state index contributed by atoms with van der Waals surface area (Å²) in [6, 6.07) is 1.40. The van der Waals surface area contributed by atoms with E-state index in [0.29, 0.717) is 17.6 Å². The molecule has 0 spiro atoms. The quantitative estimate of drug-likeness (QED) is 0.793. The molecule has 1 fully saturated rings. The number of rotatable bonds is 4. The van der Waals surface area contributed by atoms with E-state index in [2.05, 4.69) is 51.8 Å². The van der Waals surface area contributed by atoms with E-state index in [0.717, 1.165) is 12.5 Å². The van der Waals surface area contributed by atoms with Gasteiger partial charge in [0.2, 0.25) is 0 Å². The molecule has 0 aliphatic carbocycles. The van der Waals surface area contributed by atoms with Gasteiger partial charge in [-0.1, -0.05) is 20.8 Å². The smallest absolute Gasteiger partial charge is 0.0153 e. The largest absolute Gasteiger partial charge is 0.314 e. The molecule has 3 unspecified atom stereocenters. The number of nitrogens with zero attached hydrogens (tertiary/aromatic N) is 1. The zero-order chi connectivity index (χ0) is 12.3. The van der Waals surface area contributed by atoms with Crippen LogP contribution in [0.25, 0.3) is 0 Å². The molecule has 0 aromatic carbocycles. The first-order valence-electron chi connectivity index (χ1n) is 6.94. The van der Waals surface area contributed by atoms with E-state index < -0.39 is 0 Å². The van der Waals surface area contributed by atoms with Crippen molar-refractivity contribution in [1.29, 1.82) is 0 Å². The monoisotopic (exact) mass is 226 g/mol. The van der Waals surface area contributed by atoms with Crippen molar-refractivity contribution < 1.29 is 0 Å². The number of nitrogens with one attached hydrogen (secondary N) is 1. The summed E-state index contributed by atoms with van der Waals surface area (Å²) in [6.07, 6.45) is 2.53. The lowest BCUT2D eigenvalue weighted by Crippen LogP contribution is -2.59. The van der Waals surface area contributed by atoms with Crippen LogP contribution in [0, 0.1) is 5.92 Å². The lowest BCUT2D eigenvalue weighted by atomic mass is 9.83. The predicted octanol–water partition coefficient (Wildman–Crippen LogP) is 2.88. The van der Waals surface area contributed by atoms with Crippen LogP contribution in [0.3, 0.4) is 0 Å². The molecule has 2 heteroatoms. The molecule has 1 aliphatic rings. The van der Waals surface area contributed by atoms with Crippen LogP contribution >= 0.6 is 0 Å². The molecule has 96 valence electrons. The zero-order valence-electron chi connectivity index (χ0n) is 12.0. The lowest BCUT2D eigenvalue weighted by Gasteiger charge is -2.50. The fourth-order valence-corrected chi connectivity index (χ4v) is 2.97. The molecule has 1 N–H and O–H groups in total. The Labute approximate surface area is 102 Å². The van der Waals surface area contributed by atoms with Crippen LogP contribution in [-0.2, 0) is 0 Å². The van der Waals surface area contributed by atoms with Crippen LogP contribution in [0.4, 0.5) is 0 Å². The van der Waals surface area contributed by atoms with E-state index in [4.69, 9.17) is 0 Å². The average Bonchev–Trinajstić information content (AvgIpc) is 2.25. The van der Waals surface area contributed by atoms with Crippen molar-refractivity contribution in [3.05, 3.63) is 0 Å². The van der Waals surface area contributed by atoms with Crippen molar-refractivity contribution in [2.45, 2.75) is 72.0 Å². The summed E-state index contributed by atoms with van der Waals surface area (Å²) in [5.74, 6) is 0.750. The van der Waals surface area contributed by atoms with E-state index in [9.17, 15) is 0 Å². The maximum absolute atomic E-state index is 3.63. The summed E-state index contributed by atoms with van der Waals surface area (Å²) in [5, 5.41) is 3.63. The predicted molar refractivity (Wildman–Crippen MR) is 71.8 cm³/mol. The second kappa shape index (κ2) is 5.50. The van der Waals surface area contributed by atoms with Crippen molar-refractivity contribution in [2.75, 3.05) is 13.1 Å². The molecule has 3 atom stereocenters. The van der Waals surface area contributed by atoms with E-state index in [1.54, 1.807) is 0 Å². The second-order valence-corrected chi connectivity index (χ2v) is 5.91. The molecule has 1 saturated heterocycles. The topological polar surface area (TPSA) is 15.3 Å². The summed E-state index contributed by atoms with van der Waals surface area (Å²) >= 11 is 0. The Hall–Kier alpha value is -0.0800. The summed E-state index contributed by atoms with van der Waals surface area (Å²) < 4.78 is 0. The Morgan fingerprint density at radius 2 is 1.88 bits per heavy atom. The molecule has 0 saturated carbocycles. The van der Waals surface area contributed by atoms with Gasteiger partial charge in [-0.15, -0.1) is 0 Å². The minimum Gasteiger partial charge on any atom is -0.314 e. The van der Waals surface area contributed by atoms with Crippen LogP contribution in [0.15, 0.2) is 0 Å². The summed E-state index contributed by atoms with van der Waals surface area (Å²) in [7, 11) is 0. The maximum atomic E-state index is 3.63. The highest BCUT2D eigenvalue weighted by Crippen LogP contribution is 2.31. The molecule has 0 aromatic heterocycles. The van der Waals surface area contributed by atoms with E-state index in [1.165, 1.54) is 19.4 Å². The highest BCUT2D eigenvalue weighted by Gasteiger charge is 2.37. The van der Waals surface area contributed by atoms with Gasteiger partial charge in [0.1, 0.15) is 0 Å². The molecule has 16 heavy (non-hydrogen) atoms. The minimum atomic E-state index is 0.352. The molecular formula is C14H30N2. The van der Waals surface area contributed by atoms with Crippen LogP contribution in [0.1, 0.15) is 54.4 Å². The minimum absolute atomic E-state index is 0.352. The third kappa shape index (κ3) is 2.78. The van der Waals surface area contributed by atoms with Gasteiger partial charge < -0.3 is 5.32 Å². The van der Waals surface area contributed by atoms with Gasteiger partial charge in [0, 0.05) is 24.2 Å². The SMILES string of the molecule is CCNC1CCN(C(C)(C)CC)C(C)C1C. The number of piperidine rings is 1. The summed E-state index contributed by atoms with van der Waals surface area (Å²) in [4.78, 5) is 2.70. The Kier molecular flexibility index (Phi) is 4.81. The molecule has 0 aromatic rings. The molecule has 2 nitrogen and oxygen atoms in total. The second-order valence-electron chi connectivity index (χ2n) is 5.91. The van der Waals surface area contributed by atoms with Crippen LogP contribution < -0.4 is 5.32 Å². The van der Waals surface area contributed by atoms with E-state index in [-0.39, 0.29) is 0 Å². The molecule has 1 heterocycles. The van der Waals surface area contributed by atoms with Gasteiger partial charge >= 0.3 is 0 Å². The Bertz CT molecular complexity index is 213. The third-order valence-corrected chi connectivity index (χ3v) is 4.68. The normalized spacial score (nSPS) is 33.0. The van der Waals surface area contributed by atoms with Crippen LogP contribution in [-0.4, -0.2) is 35.6 Å². The average molecular weight is 226 g/mol. The van der Waals surface area contributed by atoms with Crippen molar-refractivity contribution >= 4 is 0 Å². The fourth-order valence-electron chi connectivity index (χ4n) is 2.97. The van der Waals surface area contributed by atoms with Gasteiger partial charge in [-0.2, -0.15) is 0 Å². The van der Waals surface area contributed by atoms with Crippen LogP contribution in [0.5, 0.6) is 0 Å². The van der Waals surface area contributed by atoms with E-state index >= 15 is 0 Å². The first-order chi connectivity index (χ1) is 7.44. The molecule has 0 bridgehead atoms. The first-order valence-corrected chi connectivity index (χ1v) is 6.94. The molecule has 0 radical (unpaired) electrons. The fraction of sp³-hybridized carbons (Fsp3) is 1.00. The number of hydrogen-bond acceptors (Lipinski definition) is 2. The number of hydrogen-bond donors (Lipinski definition) is 1. The molecule has 1 rings (SSSR count). The van der Waals surface area contributed by atoms with Gasteiger partial charge in [0.15, 0.2) is 0 Å². The summed E-state index contributed by atoms with van der Waals surface area (Å²) in [5.41, 5.74) is 0.352. The highest BCUT2D eigenvalue weighted by molar-refractivity contribution is 4.94.